The molecule has 0 bridgehead atoms. The fraction of sp³-hybridized carbons (Fsp3) is 0.143. The lowest BCUT2D eigenvalue weighted by Crippen LogP contribution is -2.29. The highest BCUT2D eigenvalue weighted by Crippen LogP contribution is 2.43. The zero-order valence-electron chi connectivity index (χ0n) is 19.8. The number of carbonyl (C=O) groups is 1. The Bertz CT molecular complexity index is 1650. The normalized spacial score (nSPS) is 14.8. The number of ether oxygens (including phenoxy) is 1. The highest BCUT2D eigenvalue weighted by Gasteiger charge is 2.45. The molecule has 0 aliphatic carbocycles. The third-order valence-electron chi connectivity index (χ3n) is 6.09. The molecule has 37 heavy (non-hydrogen) atoms. The first-order valence-electron chi connectivity index (χ1n) is 11.8. The predicted molar refractivity (Wildman–Crippen MR) is 145 cm³/mol. The average molecular weight is 528 g/mol. The minimum absolute atomic E-state index is 0.0382. The first-order valence-corrected chi connectivity index (χ1v) is 13.6. The molecule has 1 atom stereocenters. The maximum atomic E-state index is 13.7. The molecule has 3 heterocycles. The Labute approximate surface area is 220 Å². The number of carbonyl (C=O) groups excluding carboxylic acids is 1. The SMILES string of the molecule is CCOc1ccc(C2c3c(oc4ccccc4c3=O)C(=O)N2c2nnc(SCc3ccccc3)s2)cc1. The molecule has 0 N–H and O–H groups in total. The van der Waals surface area contributed by atoms with Crippen LogP contribution in [-0.2, 0) is 5.75 Å². The molecular weight excluding hydrogens is 506 g/mol. The van der Waals surface area contributed by atoms with Crippen molar-refractivity contribution < 1.29 is 13.9 Å². The lowest BCUT2D eigenvalue weighted by molar-refractivity contribution is 0.0970. The second-order valence-electron chi connectivity index (χ2n) is 8.37. The van der Waals surface area contributed by atoms with Gasteiger partial charge >= 0.3 is 0 Å². The number of rotatable bonds is 7. The van der Waals surface area contributed by atoms with Crippen molar-refractivity contribution in [1.29, 1.82) is 0 Å². The van der Waals surface area contributed by atoms with E-state index in [1.807, 2.05) is 49.4 Å². The van der Waals surface area contributed by atoms with Crippen molar-refractivity contribution in [2.45, 2.75) is 23.1 Å². The van der Waals surface area contributed by atoms with Gasteiger partial charge < -0.3 is 9.15 Å². The van der Waals surface area contributed by atoms with E-state index in [4.69, 9.17) is 9.15 Å². The van der Waals surface area contributed by atoms with E-state index in [-0.39, 0.29) is 11.2 Å². The van der Waals surface area contributed by atoms with Crippen molar-refractivity contribution in [3.8, 4) is 5.75 Å². The Morgan fingerprint density at radius 2 is 1.73 bits per heavy atom. The standard InChI is InChI=1S/C28H21N3O4S2/c1-2-34-19-14-12-18(13-15-19)23-22-24(32)20-10-6-7-11-21(20)35-25(22)26(33)31(23)27-29-30-28(37-27)36-16-17-8-4-3-5-9-17/h3-15,23H,2,16H2,1H3. The summed E-state index contributed by atoms with van der Waals surface area (Å²) < 4.78 is 12.3. The quantitative estimate of drug-likeness (QED) is 0.187. The van der Waals surface area contributed by atoms with Gasteiger partial charge in [-0.3, -0.25) is 14.5 Å². The lowest BCUT2D eigenvalue weighted by Gasteiger charge is -2.22. The van der Waals surface area contributed by atoms with Crippen LogP contribution in [0.2, 0.25) is 0 Å². The van der Waals surface area contributed by atoms with Crippen molar-refractivity contribution >= 4 is 45.1 Å². The average Bonchev–Trinajstić information content (AvgIpc) is 3.51. The van der Waals surface area contributed by atoms with Crippen LogP contribution < -0.4 is 15.1 Å². The van der Waals surface area contributed by atoms with Gasteiger partial charge in [0, 0.05) is 5.75 Å². The lowest BCUT2D eigenvalue weighted by atomic mass is 9.98. The monoisotopic (exact) mass is 527 g/mol. The van der Waals surface area contributed by atoms with Gasteiger partial charge in [0.15, 0.2) is 9.77 Å². The minimum atomic E-state index is -0.695. The molecule has 7 nitrogen and oxygen atoms in total. The van der Waals surface area contributed by atoms with Crippen LogP contribution >= 0.6 is 23.1 Å². The third-order valence-corrected chi connectivity index (χ3v) is 8.22. The second kappa shape index (κ2) is 9.84. The van der Waals surface area contributed by atoms with Crippen LogP contribution in [0.4, 0.5) is 5.13 Å². The summed E-state index contributed by atoms with van der Waals surface area (Å²) in [4.78, 5) is 28.9. The number of benzene rings is 3. The Morgan fingerprint density at radius 3 is 2.51 bits per heavy atom. The Morgan fingerprint density at radius 1 is 0.973 bits per heavy atom. The Kier molecular flexibility index (Phi) is 6.23. The van der Waals surface area contributed by atoms with Gasteiger partial charge in [-0.2, -0.15) is 0 Å². The van der Waals surface area contributed by atoms with Crippen LogP contribution in [0.15, 0.2) is 92.4 Å². The van der Waals surface area contributed by atoms with Crippen LogP contribution in [0.3, 0.4) is 0 Å². The Hall–Kier alpha value is -3.95. The van der Waals surface area contributed by atoms with Gasteiger partial charge in [0.25, 0.3) is 5.91 Å². The van der Waals surface area contributed by atoms with E-state index in [0.717, 1.165) is 15.7 Å². The third kappa shape index (κ3) is 4.30. The molecule has 5 aromatic rings. The molecule has 1 aliphatic rings. The molecule has 6 rings (SSSR count). The summed E-state index contributed by atoms with van der Waals surface area (Å²) in [6.45, 7) is 2.46. The van der Waals surface area contributed by atoms with Gasteiger partial charge in [0.1, 0.15) is 11.3 Å². The molecular formula is C28H21N3O4S2. The molecule has 3 aromatic carbocycles. The van der Waals surface area contributed by atoms with E-state index in [0.29, 0.717) is 34.0 Å². The first-order chi connectivity index (χ1) is 18.1. The molecule has 1 aliphatic heterocycles. The molecule has 1 amide bonds. The van der Waals surface area contributed by atoms with E-state index in [9.17, 15) is 9.59 Å². The van der Waals surface area contributed by atoms with Crippen LogP contribution in [0.25, 0.3) is 11.0 Å². The molecule has 0 radical (unpaired) electrons. The van der Waals surface area contributed by atoms with Crippen molar-refractivity contribution in [3.63, 3.8) is 0 Å². The van der Waals surface area contributed by atoms with Gasteiger partial charge in [-0.1, -0.05) is 77.7 Å². The number of aromatic nitrogens is 2. The van der Waals surface area contributed by atoms with Crippen molar-refractivity contribution in [2.75, 3.05) is 11.5 Å². The molecule has 0 fully saturated rings. The number of amides is 1. The Balaban J connectivity index is 1.42. The summed E-state index contributed by atoms with van der Waals surface area (Å²) in [5.74, 6) is 1.07. The van der Waals surface area contributed by atoms with Gasteiger partial charge in [0.2, 0.25) is 10.9 Å². The summed E-state index contributed by atoms with van der Waals surface area (Å²) in [5.41, 5.74) is 2.38. The molecule has 9 heteroatoms. The summed E-state index contributed by atoms with van der Waals surface area (Å²) in [5, 5.41) is 9.52. The van der Waals surface area contributed by atoms with Crippen LogP contribution in [0.1, 0.15) is 40.2 Å². The largest absolute Gasteiger partial charge is 0.494 e. The fourth-order valence-electron chi connectivity index (χ4n) is 4.42. The summed E-state index contributed by atoms with van der Waals surface area (Å²) in [7, 11) is 0. The molecule has 1 unspecified atom stereocenters. The number of hydrogen-bond donors (Lipinski definition) is 0. The fourth-order valence-corrected chi connectivity index (χ4v) is 6.25. The summed E-state index contributed by atoms with van der Waals surface area (Å²) >= 11 is 2.87. The number of thioether (sulfide) groups is 1. The van der Waals surface area contributed by atoms with Crippen molar-refractivity contribution in [3.05, 3.63) is 112 Å². The topological polar surface area (TPSA) is 85.5 Å². The van der Waals surface area contributed by atoms with Crippen molar-refractivity contribution in [2.24, 2.45) is 0 Å². The molecule has 2 aromatic heterocycles. The molecule has 184 valence electrons. The van der Waals surface area contributed by atoms with E-state index in [1.54, 1.807) is 36.0 Å². The van der Waals surface area contributed by atoms with Gasteiger partial charge in [0.05, 0.1) is 23.6 Å². The smallest absolute Gasteiger partial charge is 0.297 e. The number of hydrogen-bond acceptors (Lipinski definition) is 8. The van der Waals surface area contributed by atoms with E-state index in [2.05, 4.69) is 22.3 Å². The number of nitrogens with zero attached hydrogens (tertiary/aromatic N) is 3. The summed E-state index contributed by atoms with van der Waals surface area (Å²) in [6.07, 6.45) is 0. The maximum Gasteiger partial charge on any atom is 0.297 e. The first kappa shape index (κ1) is 23.4. The van der Waals surface area contributed by atoms with E-state index in [1.165, 1.54) is 21.8 Å². The molecule has 0 saturated heterocycles. The van der Waals surface area contributed by atoms with Gasteiger partial charge in [-0.25, -0.2) is 0 Å². The predicted octanol–water partition coefficient (Wildman–Crippen LogP) is 6.09. The maximum absolute atomic E-state index is 13.7. The molecule has 0 saturated carbocycles. The number of anilines is 1. The molecule has 0 spiro atoms. The van der Waals surface area contributed by atoms with Crippen LogP contribution in [0, 0.1) is 0 Å². The van der Waals surface area contributed by atoms with Crippen LogP contribution in [-0.4, -0.2) is 22.7 Å². The number of fused-ring (bicyclic) bond motifs is 2. The van der Waals surface area contributed by atoms with Gasteiger partial charge in [-0.05, 0) is 42.3 Å². The highest BCUT2D eigenvalue weighted by molar-refractivity contribution is 8.00. The number of para-hydroxylation sites is 1. The van der Waals surface area contributed by atoms with Gasteiger partial charge in [-0.15, -0.1) is 10.2 Å². The minimum Gasteiger partial charge on any atom is -0.494 e. The summed E-state index contributed by atoms with van der Waals surface area (Å²) in [6, 6.07) is 23.8. The van der Waals surface area contributed by atoms with Crippen molar-refractivity contribution in [1.82, 2.24) is 10.2 Å². The van der Waals surface area contributed by atoms with E-state index < -0.39 is 11.9 Å². The zero-order valence-corrected chi connectivity index (χ0v) is 21.4. The van der Waals surface area contributed by atoms with Crippen LogP contribution in [0.5, 0.6) is 5.75 Å². The highest BCUT2D eigenvalue weighted by atomic mass is 32.2. The zero-order chi connectivity index (χ0) is 25.4. The second-order valence-corrected chi connectivity index (χ2v) is 10.6. The van der Waals surface area contributed by atoms with E-state index >= 15 is 0 Å².